The normalized spacial score (nSPS) is 15.8. The van der Waals surface area contributed by atoms with Gasteiger partial charge < -0.3 is 9.64 Å². The fraction of sp³-hybridized carbons (Fsp3) is 0.500. The molecule has 1 aromatic rings. The van der Waals surface area contributed by atoms with Crippen LogP contribution in [0.3, 0.4) is 0 Å². The second-order valence-electron chi connectivity index (χ2n) is 4.94. The summed E-state index contributed by atoms with van der Waals surface area (Å²) in [4.78, 5) is 13.8. The Morgan fingerprint density at radius 1 is 1.29 bits per heavy atom. The number of nitrogens with one attached hydrogen (secondary N) is 1. The third-order valence-corrected chi connectivity index (χ3v) is 4.87. The molecule has 2 rings (SSSR count). The van der Waals surface area contributed by atoms with Gasteiger partial charge in [-0.25, -0.2) is 13.1 Å². The largest absolute Gasteiger partial charge is 0.497 e. The molecule has 1 saturated heterocycles. The van der Waals surface area contributed by atoms with Crippen molar-refractivity contribution in [2.45, 2.75) is 24.2 Å². The summed E-state index contributed by atoms with van der Waals surface area (Å²) in [5, 5.41) is 0. The van der Waals surface area contributed by atoms with E-state index in [4.69, 9.17) is 4.74 Å². The Morgan fingerprint density at radius 3 is 2.67 bits per heavy atom. The Labute approximate surface area is 125 Å². The predicted octanol–water partition coefficient (Wildman–Crippen LogP) is 0.986. The summed E-state index contributed by atoms with van der Waals surface area (Å²) < 4.78 is 31.7. The minimum atomic E-state index is -3.70. The van der Waals surface area contributed by atoms with Crippen molar-refractivity contribution in [3.63, 3.8) is 0 Å². The second-order valence-corrected chi connectivity index (χ2v) is 6.71. The van der Waals surface area contributed by atoms with Crippen LogP contribution < -0.4 is 9.46 Å². The Bertz CT molecular complexity index is 595. The van der Waals surface area contributed by atoms with Crippen LogP contribution in [0.4, 0.5) is 0 Å². The molecule has 1 N–H and O–H groups in total. The molecule has 116 valence electrons. The van der Waals surface area contributed by atoms with Crippen molar-refractivity contribution in [2.24, 2.45) is 0 Å². The van der Waals surface area contributed by atoms with Gasteiger partial charge in [-0.15, -0.1) is 0 Å². The van der Waals surface area contributed by atoms with Crippen LogP contribution in [-0.4, -0.2) is 46.0 Å². The van der Waals surface area contributed by atoms with Gasteiger partial charge in [-0.3, -0.25) is 4.79 Å². The van der Waals surface area contributed by atoms with E-state index < -0.39 is 10.0 Å². The number of hydrogen-bond donors (Lipinski definition) is 1. The SMILES string of the molecule is COc1cccc(S(=O)(=O)NCC(=O)N2CCCCC2)c1. The van der Waals surface area contributed by atoms with E-state index in [-0.39, 0.29) is 17.3 Å². The quantitative estimate of drug-likeness (QED) is 0.879. The van der Waals surface area contributed by atoms with E-state index >= 15 is 0 Å². The highest BCUT2D eigenvalue weighted by Gasteiger charge is 2.20. The van der Waals surface area contributed by atoms with E-state index in [0.717, 1.165) is 19.3 Å². The number of carbonyl (C=O) groups excluding carboxylic acids is 1. The van der Waals surface area contributed by atoms with E-state index in [1.807, 2.05) is 0 Å². The molecule has 21 heavy (non-hydrogen) atoms. The fourth-order valence-corrected chi connectivity index (χ4v) is 3.27. The van der Waals surface area contributed by atoms with Gasteiger partial charge in [0, 0.05) is 19.2 Å². The zero-order valence-corrected chi connectivity index (χ0v) is 12.9. The molecular weight excluding hydrogens is 292 g/mol. The lowest BCUT2D eigenvalue weighted by molar-refractivity contribution is -0.130. The first-order chi connectivity index (χ1) is 10.0. The Morgan fingerprint density at radius 2 is 2.00 bits per heavy atom. The van der Waals surface area contributed by atoms with E-state index in [1.54, 1.807) is 17.0 Å². The van der Waals surface area contributed by atoms with Gasteiger partial charge in [0.2, 0.25) is 15.9 Å². The number of carbonyl (C=O) groups is 1. The van der Waals surface area contributed by atoms with Crippen LogP contribution >= 0.6 is 0 Å². The molecule has 0 aromatic heterocycles. The van der Waals surface area contributed by atoms with Crippen molar-refractivity contribution in [2.75, 3.05) is 26.7 Å². The summed E-state index contributed by atoms with van der Waals surface area (Å²) in [5.41, 5.74) is 0. The molecule has 1 fully saturated rings. The minimum Gasteiger partial charge on any atom is -0.497 e. The summed E-state index contributed by atoms with van der Waals surface area (Å²) in [6.07, 6.45) is 3.09. The zero-order chi connectivity index (χ0) is 15.3. The first-order valence-corrected chi connectivity index (χ1v) is 8.43. The number of hydrogen-bond acceptors (Lipinski definition) is 4. The van der Waals surface area contributed by atoms with Crippen LogP contribution in [0.25, 0.3) is 0 Å². The predicted molar refractivity (Wildman–Crippen MR) is 78.6 cm³/mol. The Kier molecular flexibility index (Phi) is 5.19. The molecule has 6 nitrogen and oxygen atoms in total. The number of ether oxygens (including phenoxy) is 1. The summed E-state index contributed by atoms with van der Waals surface area (Å²) in [7, 11) is -2.23. The lowest BCUT2D eigenvalue weighted by Gasteiger charge is -2.26. The van der Waals surface area contributed by atoms with Crippen LogP contribution in [-0.2, 0) is 14.8 Å². The van der Waals surface area contributed by atoms with Crippen molar-refractivity contribution in [3.8, 4) is 5.75 Å². The number of sulfonamides is 1. The summed E-state index contributed by atoms with van der Waals surface area (Å²) in [5.74, 6) is 0.279. The molecule has 0 aliphatic carbocycles. The number of amides is 1. The number of rotatable bonds is 5. The monoisotopic (exact) mass is 312 g/mol. The molecule has 0 saturated carbocycles. The standard InChI is InChI=1S/C14H20N2O4S/c1-20-12-6-5-7-13(10-12)21(18,19)15-11-14(17)16-8-3-2-4-9-16/h5-7,10,15H,2-4,8-9,11H2,1H3. The third kappa shape index (κ3) is 4.18. The highest BCUT2D eigenvalue weighted by molar-refractivity contribution is 7.89. The van der Waals surface area contributed by atoms with E-state index in [2.05, 4.69) is 4.72 Å². The first kappa shape index (κ1) is 15.8. The lowest BCUT2D eigenvalue weighted by atomic mass is 10.1. The maximum Gasteiger partial charge on any atom is 0.241 e. The maximum absolute atomic E-state index is 12.2. The van der Waals surface area contributed by atoms with Crippen molar-refractivity contribution in [1.29, 1.82) is 0 Å². The number of methoxy groups -OCH3 is 1. The van der Waals surface area contributed by atoms with Gasteiger partial charge in [0.25, 0.3) is 0 Å². The summed E-state index contributed by atoms with van der Waals surface area (Å²) in [6, 6.07) is 6.15. The van der Waals surface area contributed by atoms with Gasteiger partial charge in [0.05, 0.1) is 18.6 Å². The lowest BCUT2D eigenvalue weighted by Crippen LogP contribution is -2.42. The Hall–Kier alpha value is -1.60. The average Bonchev–Trinajstić information content (AvgIpc) is 2.53. The van der Waals surface area contributed by atoms with Gasteiger partial charge in [-0.05, 0) is 31.4 Å². The average molecular weight is 312 g/mol. The number of benzene rings is 1. The van der Waals surface area contributed by atoms with Crippen molar-refractivity contribution in [1.82, 2.24) is 9.62 Å². The maximum atomic E-state index is 12.2. The number of likely N-dealkylation sites (tertiary alicyclic amines) is 1. The molecule has 0 atom stereocenters. The fourth-order valence-electron chi connectivity index (χ4n) is 2.26. The molecular formula is C14H20N2O4S. The van der Waals surface area contributed by atoms with Gasteiger partial charge in [0.15, 0.2) is 0 Å². The molecule has 1 amide bonds. The molecule has 0 unspecified atom stereocenters. The highest BCUT2D eigenvalue weighted by atomic mass is 32.2. The Balaban J connectivity index is 1.98. The first-order valence-electron chi connectivity index (χ1n) is 6.94. The smallest absolute Gasteiger partial charge is 0.241 e. The van der Waals surface area contributed by atoms with E-state index in [9.17, 15) is 13.2 Å². The van der Waals surface area contributed by atoms with Crippen LogP contribution in [0.5, 0.6) is 5.75 Å². The molecule has 1 aromatic carbocycles. The van der Waals surface area contributed by atoms with Crippen LogP contribution in [0.1, 0.15) is 19.3 Å². The van der Waals surface area contributed by atoms with Crippen molar-refractivity contribution >= 4 is 15.9 Å². The minimum absolute atomic E-state index is 0.0910. The molecule has 1 aliphatic heterocycles. The summed E-state index contributed by atoms with van der Waals surface area (Å²) >= 11 is 0. The van der Waals surface area contributed by atoms with Crippen molar-refractivity contribution < 1.29 is 17.9 Å². The molecule has 0 bridgehead atoms. The summed E-state index contributed by atoms with van der Waals surface area (Å²) in [6.45, 7) is 1.21. The van der Waals surface area contributed by atoms with E-state index in [0.29, 0.717) is 18.8 Å². The van der Waals surface area contributed by atoms with Gasteiger partial charge >= 0.3 is 0 Å². The molecule has 0 spiro atoms. The van der Waals surface area contributed by atoms with Gasteiger partial charge in [0.1, 0.15) is 5.75 Å². The molecule has 7 heteroatoms. The van der Waals surface area contributed by atoms with Gasteiger partial charge in [-0.2, -0.15) is 0 Å². The molecule has 0 radical (unpaired) electrons. The third-order valence-electron chi connectivity index (χ3n) is 3.47. The van der Waals surface area contributed by atoms with Crippen LogP contribution in [0.15, 0.2) is 29.2 Å². The highest BCUT2D eigenvalue weighted by Crippen LogP contribution is 2.16. The number of nitrogens with zero attached hydrogens (tertiary/aromatic N) is 1. The molecule has 1 aliphatic rings. The van der Waals surface area contributed by atoms with Crippen LogP contribution in [0, 0.1) is 0 Å². The van der Waals surface area contributed by atoms with Crippen LogP contribution in [0.2, 0.25) is 0 Å². The molecule has 1 heterocycles. The van der Waals surface area contributed by atoms with Crippen molar-refractivity contribution in [3.05, 3.63) is 24.3 Å². The number of piperidine rings is 1. The topological polar surface area (TPSA) is 75.7 Å². The zero-order valence-electron chi connectivity index (χ0n) is 12.0. The second kappa shape index (κ2) is 6.91. The van der Waals surface area contributed by atoms with Gasteiger partial charge in [-0.1, -0.05) is 6.07 Å². The van der Waals surface area contributed by atoms with E-state index in [1.165, 1.54) is 19.2 Å².